The molecule has 2 atom stereocenters. The van der Waals surface area contributed by atoms with Crippen LogP contribution in [0.15, 0.2) is 12.1 Å². The van der Waals surface area contributed by atoms with Crippen LogP contribution in [-0.2, 0) is 5.41 Å². The molecule has 1 aromatic rings. The summed E-state index contributed by atoms with van der Waals surface area (Å²) < 4.78 is 0. The van der Waals surface area contributed by atoms with Crippen LogP contribution in [0.4, 0.5) is 5.82 Å². The first-order valence-electron chi connectivity index (χ1n) is 8.44. The molecule has 2 fully saturated rings. The largest absolute Gasteiger partial charge is 0.392 e. The lowest BCUT2D eigenvalue weighted by Crippen LogP contribution is -2.53. The maximum absolute atomic E-state index is 9.82. The number of nitrogens with zero attached hydrogens (tertiary/aromatic N) is 3. The molecule has 3 rings (SSSR count). The molecule has 1 aromatic heterocycles. The lowest BCUT2D eigenvalue weighted by Gasteiger charge is -2.40. The van der Waals surface area contributed by atoms with Crippen molar-refractivity contribution in [1.29, 1.82) is 0 Å². The van der Waals surface area contributed by atoms with Gasteiger partial charge in [-0.05, 0) is 31.4 Å². The summed E-state index contributed by atoms with van der Waals surface area (Å²) in [5, 5.41) is 22.1. The van der Waals surface area contributed by atoms with E-state index in [0.29, 0.717) is 12.0 Å². The van der Waals surface area contributed by atoms with Crippen molar-refractivity contribution in [2.45, 2.75) is 57.6 Å². The molecule has 1 saturated carbocycles. The first-order chi connectivity index (χ1) is 10.4. The fourth-order valence-electron chi connectivity index (χ4n) is 3.28. The number of rotatable bonds is 4. The molecule has 0 radical (unpaired) electrons. The fraction of sp³-hybridized carbons (Fsp3) is 0.765. The van der Waals surface area contributed by atoms with Gasteiger partial charge in [0, 0.05) is 37.0 Å². The van der Waals surface area contributed by atoms with Crippen LogP contribution in [0.1, 0.15) is 45.7 Å². The van der Waals surface area contributed by atoms with E-state index in [9.17, 15) is 5.11 Å². The number of hydrogen-bond donors (Lipinski definition) is 2. The Morgan fingerprint density at radius 1 is 1.23 bits per heavy atom. The first kappa shape index (κ1) is 15.7. The molecule has 0 amide bonds. The fourth-order valence-corrected chi connectivity index (χ4v) is 3.28. The van der Waals surface area contributed by atoms with Gasteiger partial charge in [-0.2, -0.15) is 5.10 Å². The minimum Gasteiger partial charge on any atom is -0.392 e. The summed E-state index contributed by atoms with van der Waals surface area (Å²) in [5.74, 6) is 1.63. The zero-order chi connectivity index (χ0) is 15.7. The van der Waals surface area contributed by atoms with E-state index in [0.717, 1.165) is 50.4 Å². The van der Waals surface area contributed by atoms with Gasteiger partial charge >= 0.3 is 0 Å². The molecular formula is C17H28N4O. The van der Waals surface area contributed by atoms with Crippen LogP contribution >= 0.6 is 0 Å². The lowest BCUT2D eigenvalue weighted by atomic mass is 9.92. The van der Waals surface area contributed by atoms with Gasteiger partial charge in [0.1, 0.15) is 0 Å². The molecule has 0 aromatic carbocycles. The topological polar surface area (TPSA) is 61.3 Å². The Morgan fingerprint density at radius 3 is 2.55 bits per heavy atom. The predicted molar refractivity (Wildman–Crippen MR) is 88.1 cm³/mol. The molecule has 0 spiro atoms. The minimum absolute atomic E-state index is 0.0506. The Morgan fingerprint density at radius 2 is 2.00 bits per heavy atom. The number of nitrogens with one attached hydrogen (secondary N) is 1. The minimum atomic E-state index is -0.146. The van der Waals surface area contributed by atoms with Crippen LogP contribution in [0.5, 0.6) is 0 Å². The molecule has 0 bridgehead atoms. The van der Waals surface area contributed by atoms with Crippen molar-refractivity contribution in [2.75, 3.05) is 24.5 Å². The van der Waals surface area contributed by atoms with Gasteiger partial charge in [0.15, 0.2) is 5.82 Å². The Bertz CT molecular complexity index is 490. The average Bonchev–Trinajstić information content (AvgIpc) is 2.82. The standard InChI is InChI=1S/C17H28N4O/c1-17(2,3)15-7-8-16(20-19-15)21-10-12(11-21)9-18-13-5-4-6-14(13)22/h7-8,12-14,18,22H,4-6,9-11H2,1-3H3. The quantitative estimate of drug-likeness (QED) is 0.887. The molecule has 1 saturated heterocycles. The molecule has 1 aliphatic heterocycles. The SMILES string of the molecule is CC(C)(C)c1ccc(N2CC(CNC3CCCC3O)C2)nn1. The zero-order valence-electron chi connectivity index (χ0n) is 13.9. The third kappa shape index (κ3) is 3.41. The number of aliphatic hydroxyl groups excluding tert-OH is 1. The van der Waals surface area contributed by atoms with Crippen LogP contribution < -0.4 is 10.2 Å². The van der Waals surface area contributed by atoms with Crippen LogP contribution in [-0.4, -0.2) is 47.1 Å². The highest BCUT2D eigenvalue weighted by Gasteiger charge is 2.31. The Kier molecular flexibility index (Phi) is 4.37. The highest BCUT2D eigenvalue weighted by Crippen LogP contribution is 2.25. The third-order valence-corrected chi connectivity index (χ3v) is 4.85. The van der Waals surface area contributed by atoms with E-state index in [4.69, 9.17) is 0 Å². The Balaban J connectivity index is 1.45. The van der Waals surface area contributed by atoms with Gasteiger partial charge < -0.3 is 15.3 Å². The summed E-state index contributed by atoms with van der Waals surface area (Å²) in [4.78, 5) is 2.27. The summed E-state index contributed by atoms with van der Waals surface area (Å²) in [5.41, 5.74) is 1.08. The monoisotopic (exact) mass is 304 g/mol. The highest BCUT2D eigenvalue weighted by molar-refractivity contribution is 5.41. The average molecular weight is 304 g/mol. The second-order valence-corrected chi connectivity index (χ2v) is 7.81. The highest BCUT2D eigenvalue weighted by atomic mass is 16.3. The summed E-state index contributed by atoms with van der Waals surface area (Å²) in [6, 6.07) is 4.47. The summed E-state index contributed by atoms with van der Waals surface area (Å²) in [6.45, 7) is 9.50. The maximum Gasteiger partial charge on any atom is 0.151 e. The Labute approximate surface area is 133 Å². The smallest absolute Gasteiger partial charge is 0.151 e. The molecule has 5 nitrogen and oxygen atoms in total. The van der Waals surface area contributed by atoms with Crippen molar-refractivity contribution in [3.8, 4) is 0 Å². The normalized spacial score (nSPS) is 26.3. The van der Waals surface area contributed by atoms with Crippen molar-refractivity contribution < 1.29 is 5.11 Å². The van der Waals surface area contributed by atoms with Crippen molar-refractivity contribution in [3.63, 3.8) is 0 Å². The van der Waals surface area contributed by atoms with E-state index >= 15 is 0 Å². The number of aliphatic hydroxyl groups is 1. The van der Waals surface area contributed by atoms with Crippen molar-refractivity contribution in [1.82, 2.24) is 15.5 Å². The van der Waals surface area contributed by atoms with Gasteiger partial charge in [-0.3, -0.25) is 0 Å². The molecule has 122 valence electrons. The summed E-state index contributed by atoms with van der Waals surface area (Å²) in [7, 11) is 0. The molecule has 1 aliphatic carbocycles. The van der Waals surface area contributed by atoms with Gasteiger partial charge in [-0.25, -0.2) is 0 Å². The van der Waals surface area contributed by atoms with Gasteiger partial charge in [-0.15, -0.1) is 5.10 Å². The molecule has 5 heteroatoms. The van der Waals surface area contributed by atoms with E-state index in [2.05, 4.69) is 53.3 Å². The van der Waals surface area contributed by atoms with Crippen LogP contribution in [0.3, 0.4) is 0 Å². The van der Waals surface area contributed by atoms with Crippen LogP contribution in [0, 0.1) is 5.92 Å². The maximum atomic E-state index is 9.82. The van der Waals surface area contributed by atoms with Crippen molar-refractivity contribution >= 4 is 5.82 Å². The zero-order valence-corrected chi connectivity index (χ0v) is 13.9. The van der Waals surface area contributed by atoms with Gasteiger partial charge in [0.05, 0.1) is 11.8 Å². The lowest BCUT2D eigenvalue weighted by molar-refractivity contribution is 0.145. The number of hydrogen-bond acceptors (Lipinski definition) is 5. The van der Waals surface area contributed by atoms with E-state index in [1.54, 1.807) is 0 Å². The predicted octanol–water partition coefficient (Wildman–Crippen LogP) is 1.71. The van der Waals surface area contributed by atoms with E-state index in [1.165, 1.54) is 0 Å². The van der Waals surface area contributed by atoms with E-state index in [1.807, 2.05) is 0 Å². The Hall–Kier alpha value is -1.20. The number of aromatic nitrogens is 2. The van der Waals surface area contributed by atoms with E-state index in [-0.39, 0.29) is 11.5 Å². The first-order valence-corrected chi connectivity index (χ1v) is 8.44. The van der Waals surface area contributed by atoms with Gasteiger partial charge in [0.2, 0.25) is 0 Å². The molecule has 2 heterocycles. The van der Waals surface area contributed by atoms with Gasteiger partial charge in [0.25, 0.3) is 0 Å². The van der Waals surface area contributed by atoms with Crippen LogP contribution in [0.2, 0.25) is 0 Å². The molecule has 2 N–H and O–H groups in total. The third-order valence-electron chi connectivity index (χ3n) is 4.85. The van der Waals surface area contributed by atoms with Crippen LogP contribution in [0.25, 0.3) is 0 Å². The van der Waals surface area contributed by atoms with Crippen molar-refractivity contribution in [3.05, 3.63) is 17.8 Å². The summed E-state index contributed by atoms with van der Waals surface area (Å²) in [6.07, 6.45) is 3.05. The molecule has 2 aliphatic rings. The second kappa shape index (κ2) is 6.13. The summed E-state index contributed by atoms with van der Waals surface area (Å²) >= 11 is 0. The molecular weight excluding hydrogens is 276 g/mol. The number of anilines is 1. The molecule has 2 unspecified atom stereocenters. The second-order valence-electron chi connectivity index (χ2n) is 7.81. The van der Waals surface area contributed by atoms with Gasteiger partial charge in [-0.1, -0.05) is 20.8 Å². The van der Waals surface area contributed by atoms with Crippen molar-refractivity contribution in [2.24, 2.45) is 5.92 Å². The molecule has 22 heavy (non-hydrogen) atoms. The van der Waals surface area contributed by atoms with E-state index < -0.39 is 0 Å².